The molecule has 2 aromatic heterocycles. The van der Waals surface area contributed by atoms with Gasteiger partial charge < -0.3 is 14.5 Å². The third-order valence-corrected chi connectivity index (χ3v) is 7.76. The number of rotatable bonds is 5. The lowest BCUT2D eigenvalue weighted by Gasteiger charge is -2.34. The van der Waals surface area contributed by atoms with Crippen molar-refractivity contribution in [3.8, 4) is 17.0 Å². The highest BCUT2D eigenvalue weighted by Crippen LogP contribution is 2.42. The molecular formula is C28H33N5O. The van der Waals surface area contributed by atoms with Gasteiger partial charge in [-0.2, -0.15) is 5.10 Å². The lowest BCUT2D eigenvalue weighted by atomic mass is 9.92. The van der Waals surface area contributed by atoms with Gasteiger partial charge in [0.1, 0.15) is 0 Å². The SMILES string of the molecule is C=C(C)N1CCc2c(c(N3CCCc4cc(-c5ccnc(OC)c5)ccc43)nn2C2CCC2)C1. The van der Waals surface area contributed by atoms with Gasteiger partial charge >= 0.3 is 0 Å². The van der Waals surface area contributed by atoms with Gasteiger partial charge in [0, 0.05) is 61.0 Å². The lowest BCUT2D eigenvalue weighted by Crippen LogP contribution is -2.31. The molecule has 1 saturated carbocycles. The minimum atomic E-state index is 0.576. The van der Waals surface area contributed by atoms with Gasteiger partial charge in [-0.1, -0.05) is 12.6 Å². The summed E-state index contributed by atoms with van der Waals surface area (Å²) in [5, 5.41) is 5.29. The second kappa shape index (κ2) is 8.49. The minimum Gasteiger partial charge on any atom is -0.481 e. The molecule has 3 aliphatic rings. The van der Waals surface area contributed by atoms with Crippen LogP contribution in [-0.2, 0) is 19.4 Å². The number of benzene rings is 1. The molecule has 1 aliphatic carbocycles. The van der Waals surface area contributed by atoms with Crippen LogP contribution in [0.15, 0.2) is 48.8 Å². The number of ether oxygens (including phenoxy) is 1. The van der Waals surface area contributed by atoms with E-state index in [9.17, 15) is 0 Å². The van der Waals surface area contributed by atoms with Gasteiger partial charge in [-0.15, -0.1) is 0 Å². The molecule has 1 fully saturated rings. The number of hydrogen-bond donors (Lipinski definition) is 0. The van der Waals surface area contributed by atoms with E-state index in [0.29, 0.717) is 11.9 Å². The van der Waals surface area contributed by atoms with Gasteiger partial charge in [0.15, 0.2) is 5.82 Å². The molecule has 0 radical (unpaired) electrons. The molecule has 1 aromatic carbocycles. The largest absolute Gasteiger partial charge is 0.481 e. The molecule has 6 nitrogen and oxygen atoms in total. The van der Waals surface area contributed by atoms with E-state index in [0.717, 1.165) is 56.0 Å². The van der Waals surface area contributed by atoms with E-state index in [1.54, 1.807) is 7.11 Å². The molecule has 0 spiro atoms. The van der Waals surface area contributed by atoms with Crippen LogP contribution in [-0.4, -0.2) is 39.9 Å². The van der Waals surface area contributed by atoms with E-state index >= 15 is 0 Å². The standard InChI is InChI=1S/C28H33N5O/c1-19(2)31-15-12-26-24(18-31)28(30-33(26)23-7-4-8-23)32-14-5-6-22-16-20(9-10-25(22)32)21-11-13-29-27(17-21)34-3/h9-11,13,16-17,23H,1,4-8,12,14-15,18H2,2-3H3. The van der Waals surface area contributed by atoms with Crippen molar-refractivity contribution in [2.45, 2.75) is 58.0 Å². The number of methoxy groups -OCH3 is 1. The quantitative estimate of drug-likeness (QED) is 0.497. The van der Waals surface area contributed by atoms with Crippen LogP contribution >= 0.6 is 0 Å². The fourth-order valence-electron chi connectivity index (χ4n) is 5.60. The molecule has 0 saturated heterocycles. The molecule has 0 amide bonds. The number of nitrogens with zero attached hydrogens (tertiary/aromatic N) is 5. The molecule has 0 N–H and O–H groups in total. The summed E-state index contributed by atoms with van der Waals surface area (Å²) in [7, 11) is 1.66. The van der Waals surface area contributed by atoms with Crippen molar-refractivity contribution >= 4 is 11.5 Å². The molecule has 176 valence electrons. The molecule has 4 heterocycles. The van der Waals surface area contributed by atoms with Gasteiger partial charge in [-0.05, 0) is 73.9 Å². The summed E-state index contributed by atoms with van der Waals surface area (Å²) in [6, 6.07) is 11.5. The summed E-state index contributed by atoms with van der Waals surface area (Å²) in [5.41, 5.74) is 9.02. The maximum absolute atomic E-state index is 5.34. The van der Waals surface area contributed by atoms with Crippen molar-refractivity contribution < 1.29 is 4.74 Å². The Labute approximate surface area is 201 Å². The monoisotopic (exact) mass is 455 g/mol. The maximum Gasteiger partial charge on any atom is 0.213 e. The van der Waals surface area contributed by atoms with Gasteiger partial charge in [-0.3, -0.25) is 4.68 Å². The fourth-order valence-corrected chi connectivity index (χ4v) is 5.60. The zero-order chi connectivity index (χ0) is 23.2. The molecule has 0 atom stereocenters. The second-order valence-corrected chi connectivity index (χ2v) is 9.87. The highest BCUT2D eigenvalue weighted by Gasteiger charge is 2.33. The fraction of sp³-hybridized carbons (Fsp3) is 0.429. The third kappa shape index (κ3) is 3.56. The van der Waals surface area contributed by atoms with E-state index < -0.39 is 0 Å². The van der Waals surface area contributed by atoms with Crippen molar-refractivity contribution in [3.63, 3.8) is 0 Å². The van der Waals surface area contributed by atoms with Gasteiger partial charge in [0.25, 0.3) is 0 Å². The Morgan fingerprint density at radius 3 is 2.68 bits per heavy atom. The topological polar surface area (TPSA) is 46.4 Å². The first-order valence-corrected chi connectivity index (χ1v) is 12.5. The number of pyridine rings is 1. The first-order valence-electron chi connectivity index (χ1n) is 12.5. The number of anilines is 2. The zero-order valence-electron chi connectivity index (χ0n) is 20.3. The van der Waals surface area contributed by atoms with Crippen LogP contribution in [0.4, 0.5) is 11.5 Å². The van der Waals surface area contributed by atoms with Crippen molar-refractivity contribution in [1.82, 2.24) is 19.7 Å². The van der Waals surface area contributed by atoms with Crippen molar-refractivity contribution in [1.29, 1.82) is 0 Å². The van der Waals surface area contributed by atoms with Crippen molar-refractivity contribution in [3.05, 3.63) is 65.6 Å². The summed E-state index contributed by atoms with van der Waals surface area (Å²) in [6.07, 6.45) is 8.92. The first-order chi connectivity index (χ1) is 16.6. The van der Waals surface area contributed by atoms with E-state index in [1.807, 2.05) is 18.3 Å². The molecule has 34 heavy (non-hydrogen) atoms. The van der Waals surface area contributed by atoms with E-state index in [2.05, 4.69) is 51.2 Å². The summed E-state index contributed by atoms with van der Waals surface area (Å²) in [4.78, 5) is 9.14. The third-order valence-electron chi connectivity index (χ3n) is 7.76. The minimum absolute atomic E-state index is 0.576. The zero-order valence-corrected chi connectivity index (χ0v) is 20.3. The smallest absolute Gasteiger partial charge is 0.213 e. The number of hydrogen-bond acceptors (Lipinski definition) is 5. The van der Waals surface area contributed by atoms with Gasteiger partial charge in [0.2, 0.25) is 5.88 Å². The average Bonchev–Trinajstić information content (AvgIpc) is 3.20. The molecule has 3 aromatic rings. The Hall–Kier alpha value is -3.28. The predicted molar refractivity (Wildman–Crippen MR) is 136 cm³/mol. The molecule has 6 rings (SSSR count). The Kier molecular flexibility index (Phi) is 5.31. The Bertz CT molecular complexity index is 1240. The number of aryl methyl sites for hydroxylation is 1. The maximum atomic E-state index is 5.34. The summed E-state index contributed by atoms with van der Waals surface area (Å²) >= 11 is 0. The van der Waals surface area contributed by atoms with Crippen molar-refractivity contribution in [2.75, 3.05) is 25.1 Å². The number of allylic oxidation sites excluding steroid dienone is 1. The van der Waals surface area contributed by atoms with E-state index in [4.69, 9.17) is 9.84 Å². The highest BCUT2D eigenvalue weighted by molar-refractivity contribution is 5.74. The van der Waals surface area contributed by atoms with Crippen LogP contribution in [0.5, 0.6) is 5.88 Å². The lowest BCUT2D eigenvalue weighted by molar-refractivity contribution is 0.267. The molecular weight excluding hydrogens is 422 g/mol. The predicted octanol–water partition coefficient (Wildman–Crippen LogP) is 5.65. The summed E-state index contributed by atoms with van der Waals surface area (Å²) in [6.45, 7) is 9.30. The second-order valence-electron chi connectivity index (χ2n) is 9.87. The molecule has 2 aliphatic heterocycles. The average molecular weight is 456 g/mol. The van der Waals surface area contributed by atoms with Crippen LogP contribution in [0.2, 0.25) is 0 Å². The van der Waals surface area contributed by atoms with Crippen LogP contribution in [0.1, 0.15) is 55.5 Å². The van der Waals surface area contributed by atoms with Crippen LogP contribution in [0.3, 0.4) is 0 Å². The highest BCUT2D eigenvalue weighted by atomic mass is 16.5. The molecule has 0 bridgehead atoms. The molecule has 6 heteroatoms. The summed E-state index contributed by atoms with van der Waals surface area (Å²) < 4.78 is 7.72. The van der Waals surface area contributed by atoms with Crippen molar-refractivity contribution in [2.24, 2.45) is 0 Å². The summed E-state index contributed by atoms with van der Waals surface area (Å²) in [5.74, 6) is 1.80. The van der Waals surface area contributed by atoms with Crippen LogP contribution < -0.4 is 9.64 Å². The van der Waals surface area contributed by atoms with Crippen LogP contribution in [0.25, 0.3) is 11.1 Å². The first kappa shape index (κ1) is 21.3. The Morgan fingerprint density at radius 2 is 1.91 bits per heavy atom. The van der Waals surface area contributed by atoms with Gasteiger partial charge in [-0.25, -0.2) is 4.98 Å². The number of aromatic nitrogens is 3. The van der Waals surface area contributed by atoms with E-state index in [-0.39, 0.29) is 0 Å². The Morgan fingerprint density at radius 1 is 1.06 bits per heavy atom. The van der Waals surface area contributed by atoms with Crippen LogP contribution in [0, 0.1) is 0 Å². The normalized spacial score (nSPS) is 17.7. The number of fused-ring (bicyclic) bond motifs is 2. The molecule has 0 unspecified atom stereocenters. The van der Waals surface area contributed by atoms with Gasteiger partial charge in [0.05, 0.1) is 13.2 Å². The Balaban J connectivity index is 1.40. The van der Waals surface area contributed by atoms with E-state index in [1.165, 1.54) is 47.3 Å².